The molecule has 3 aromatic rings. The Balaban J connectivity index is 1.46. The Morgan fingerprint density at radius 3 is 2.93 bits per heavy atom. The van der Waals surface area contributed by atoms with E-state index in [1.165, 1.54) is 0 Å². The Hall–Kier alpha value is -3.55. The van der Waals surface area contributed by atoms with Crippen molar-refractivity contribution in [2.75, 3.05) is 16.8 Å². The molecule has 2 amide bonds. The van der Waals surface area contributed by atoms with E-state index in [-0.39, 0.29) is 18.2 Å². The van der Waals surface area contributed by atoms with E-state index in [0.29, 0.717) is 29.5 Å². The lowest BCUT2D eigenvalue weighted by atomic mass is 10.1. The lowest BCUT2D eigenvalue weighted by Gasteiger charge is -2.17. The van der Waals surface area contributed by atoms with Gasteiger partial charge in [0.1, 0.15) is 0 Å². The number of rotatable bonds is 4. The van der Waals surface area contributed by atoms with Crippen LogP contribution in [0.25, 0.3) is 0 Å². The molecule has 8 nitrogen and oxygen atoms in total. The smallest absolute Gasteiger partial charge is 0.259 e. The number of benzene rings is 1. The molecule has 136 valence electrons. The molecule has 0 saturated heterocycles. The summed E-state index contributed by atoms with van der Waals surface area (Å²) in [6, 6.07) is 9.03. The number of fused-ring (bicyclic) bond motifs is 1. The maximum Gasteiger partial charge on any atom is 0.259 e. The summed E-state index contributed by atoms with van der Waals surface area (Å²) in [6.45, 7) is 2.27. The summed E-state index contributed by atoms with van der Waals surface area (Å²) >= 11 is 0. The van der Waals surface area contributed by atoms with E-state index in [0.717, 1.165) is 17.7 Å². The van der Waals surface area contributed by atoms with Crippen molar-refractivity contribution >= 4 is 23.2 Å². The first kappa shape index (κ1) is 16.9. The molecule has 0 aliphatic carbocycles. The highest BCUT2D eigenvalue weighted by molar-refractivity contribution is 6.07. The molecule has 1 aromatic carbocycles. The van der Waals surface area contributed by atoms with Gasteiger partial charge in [0.15, 0.2) is 5.82 Å². The molecule has 0 radical (unpaired) electrons. The number of carbonyl (C=O) groups excluding carboxylic acids is 2. The lowest BCUT2D eigenvalue weighted by molar-refractivity contribution is -0.115. The van der Waals surface area contributed by atoms with Crippen LogP contribution in [-0.2, 0) is 17.6 Å². The Morgan fingerprint density at radius 2 is 2.19 bits per heavy atom. The largest absolute Gasteiger partial charge is 0.340 e. The van der Waals surface area contributed by atoms with E-state index in [9.17, 15) is 9.59 Å². The second-order valence-electron chi connectivity index (χ2n) is 6.25. The van der Waals surface area contributed by atoms with Gasteiger partial charge in [-0.2, -0.15) is 4.98 Å². The molecule has 8 heteroatoms. The molecule has 0 atom stereocenters. The van der Waals surface area contributed by atoms with E-state index >= 15 is 0 Å². The van der Waals surface area contributed by atoms with Crippen molar-refractivity contribution in [3.05, 3.63) is 65.6 Å². The number of pyridine rings is 1. The van der Waals surface area contributed by atoms with Gasteiger partial charge in [-0.3, -0.25) is 14.6 Å². The Kier molecular flexibility index (Phi) is 4.37. The SMILES string of the molecule is Cc1nc(CC(=O)Nc2ccc3c(c2)CCN3C(=O)c2cccnc2)no1. The third-order valence-electron chi connectivity index (χ3n) is 4.30. The van der Waals surface area contributed by atoms with Crippen LogP contribution in [0.4, 0.5) is 11.4 Å². The van der Waals surface area contributed by atoms with Gasteiger partial charge in [0.25, 0.3) is 5.91 Å². The van der Waals surface area contributed by atoms with Crippen LogP contribution in [0, 0.1) is 6.92 Å². The summed E-state index contributed by atoms with van der Waals surface area (Å²) in [5.41, 5.74) is 3.10. The summed E-state index contributed by atoms with van der Waals surface area (Å²) in [4.78, 5) is 34.6. The normalized spacial score (nSPS) is 12.7. The van der Waals surface area contributed by atoms with Crippen molar-refractivity contribution in [1.82, 2.24) is 15.1 Å². The quantitative estimate of drug-likeness (QED) is 0.762. The minimum absolute atomic E-state index is 0.0417. The second-order valence-corrected chi connectivity index (χ2v) is 6.25. The third-order valence-corrected chi connectivity index (χ3v) is 4.30. The number of anilines is 2. The van der Waals surface area contributed by atoms with Crippen LogP contribution < -0.4 is 10.2 Å². The molecule has 0 spiro atoms. The van der Waals surface area contributed by atoms with Crippen LogP contribution in [0.2, 0.25) is 0 Å². The molecular formula is C19H17N5O3. The molecule has 2 aromatic heterocycles. The number of carbonyl (C=O) groups is 2. The number of aromatic nitrogens is 3. The van der Waals surface area contributed by atoms with Crippen LogP contribution in [0.5, 0.6) is 0 Å². The number of aryl methyl sites for hydroxylation is 1. The van der Waals surface area contributed by atoms with Crippen LogP contribution in [0.15, 0.2) is 47.2 Å². The maximum atomic E-state index is 12.7. The second kappa shape index (κ2) is 6.99. The van der Waals surface area contributed by atoms with E-state index < -0.39 is 0 Å². The topological polar surface area (TPSA) is 101 Å². The standard InChI is InChI=1S/C19H17N5O3/c1-12-21-17(23-27-12)10-18(25)22-15-4-5-16-13(9-15)6-8-24(16)19(26)14-3-2-7-20-11-14/h2-5,7,9,11H,6,8,10H2,1H3,(H,22,25). The monoisotopic (exact) mass is 363 g/mol. The molecule has 0 saturated carbocycles. The van der Waals surface area contributed by atoms with Gasteiger partial charge in [-0.25, -0.2) is 0 Å². The molecule has 3 heterocycles. The molecule has 0 fully saturated rings. The van der Waals surface area contributed by atoms with Crippen molar-refractivity contribution in [1.29, 1.82) is 0 Å². The lowest BCUT2D eigenvalue weighted by Crippen LogP contribution is -2.28. The number of hydrogen-bond donors (Lipinski definition) is 1. The molecule has 0 bridgehead atoms. The zero-order valence-electron chi connectivity index (χ0n) is 14.7. The minimum Gasteiger partial charge on any atom is -0.340 e. The molecule has 1 N–H and O–H groups in total. The Labute approximate surface area is 155 Å². The first-order valence-electron chi connectivity index (χ1n) is 8.54. The van der Waals surface area contributed by atoms with Crippen LogP contribution >= 0.6 is 0 Å². The van der Waals surface area contributed by atoms with Gasteiger partial charge in [0, 0.05) is 37.2 Å². The van der Waals surface area contributed by atoms with Gasteiger partial charge >= 0.3 is 0 Å². The van der Waals surface area contributed by atoms with Gasteiger partial charge in [-0.05, 0) is 42.3 Å². The first-order valence-corrected chi connectivity index (χ1v) is 8.54. The number of amides is 2. The van der Waals surface area contributed by atoms with Crippen molar-refractivity contribution in [2.24, 2.45) is 0 Å². The van der Waals surface area contributed by atoms with Gasteiger partial charge in [-0.15, -0.1) is 0 Å². The molecule has 1 aliphatic heterocycles. The fourth-order valence-electron chi connectivity index (χ4n) is 3.10. The van der Waals surface area contributed by atoms with Gasteiger partial charge in [0.2, 0.25) is 11.8 Å². The van der Waals surface area contributed by atoms with Crippen molar-refractivity contribution in [3.8, 4) is 0 Å². The van der Waals surface area contributed by atoms with E-state index in [1.807, 2.05) is 12.1 Å². The molecule has 1 aliphatic rings. The molecular weight excluding hydrogens is 346 g/mol. The van der Waals surface area contributed by atoms with E-state index in [4.69, 9.17) is 4.52 Å². The summed E-state index contributed by atoms with van der Waals surface area (Å²) in [7, 11) is 0. The van der Waals surface area contributed by atoms with E-state index in [1.54, 1.807) is 42.4 Å². The fourth-order valence-corrected chi connectivity index (χ4v) is 3.10. The summed E-state index contributed by atoms with van der Waals surface area (Å²) < 4.78 is 4.86. The maximum absolute atomic E-state index is 12.7. The highest BCUT2D eigenvalue weighted by Crippen LogP contribution is 2.31. The van der Waals surface area contributed by atoms with E-state index in [2.05, 4.69) is 20.4 Å². The predicted molar refractivity (Wildman–Crippen MR) is 97.4 cm³/mol. The number of nitrogens with zero attached hydrogens (tertiary/aromatic N) is 4. The van der Waals surface area contributed by atoms with Crippen molar-refractivity contribution in [3.63, 3.8) is 0 Å². The van der Waals surface area contributed by atoms with Crippen molar-refractivity contribution in [2.45, 2.75) is 19.8 Å². The fraction of sp³-hybridized carbons (Fsp3) is 0.211. The highest BCUT2D eigenvalue weighted by Gasteiger charge is 2.26. The first-order chi connectivity index (χ1) is 13.1. The van der Waals surface area contributed by atoms with Crippen molar-refractivity contribution < 1.29 is 14.1 Å². The summed E-state index contributed by atoms with van der Waals surface area (Å²) in [5, 5.41) is 6.55. The molecule has 27 heavy (non-hydrogen) atoms. The molecule has 4 rings (SSSR count). The Morgan fingerprint density at radius 1 is 1.30 bits per heavy atom. The zero-order valence-corrected chi connectivity index (χ0v) is 14.7. The summed E-state index contributed by atoms with van der Waals surface area (Å²) in [5.74, 6) is 0.469. The molecule has 0 unspecified atom stereocenters. The van der Waals surface area contributed by atoms with Crippen LogP contribution in [-0.4, -0.2) is 33.5 Å². The van der Waals surface area contributed by atoms with Gasteiger partial charge in [-0.1, -0.05) is 5.16 Å². The van der Waals surface area contributed by atoms with Crippen LogP contribution in [0.1, 0.15) is 27.6 Å². The number of hydrogen-bond acceptors (Lipinski definition) is 6. The minimum atomic E-state index is -0.225. The van der Waals surface area contributed by atoms with Gasteiger partial charge in [0.05, 0.1) is 12.0 Å². The highest BCUT2D eigenvalue weighted by atomic mass is 16.5. The average molecular weight is 363 g/mol. The van der Waals surface area contributed by atoms with Crippen LogP contribution in [0.3, 0.4) is 0 Å². The predicted octanol–water partition coefficient (Wildman–Crippen LogP) is 2.16. The van der Waals surface area contributed by atoms with Gasteiger partial charge < -0.3 is 14.7 Å². The average Bonchev–Trinajstić information content (AvgIpc) is 3.27. The summed E-state index contributed by atoms with van der Waals surface area (Å²) in [6.07, 6.45) is 3.98. The third kappa shape index (κ3) is 3.55. The Bertz CT molecular complexity index is 1000. The zero-order chi connectivity index (χ0) is 18.8. The number of nitrogens with one attached hydrogen (secondary N) is 1.